The van der Waals surface area contributed by atoms with Crippen LogP contribution in [0.5, 0.6) is 0 Å². The molecule has 0 radical (unpaired) electrons. The lowest BCUT2D eigenvalue weighted by Crippen LogP contribution is -2.58. The van der Waals surface area contributed by atoms with Crippen molar-refractivity contribution in [2.24, 2.45) is 5.92 Å². The molecular formula is C15H23N3O4S. The van der Waals surface area contributed by atoms with Gasteiger partial charge in [-0.25, -0.2) is 0 Å². The highest BCUT2D eigenvalue weighted by atomic mass is 32.2. The molecule has 1 N–H and O–H groups in total. The summed E-state index contributed by atoms with van der Waals surface area (Å²) < 4.78 is 33.7. The van der Waals surface area contributed by atoms with Crippen LogP contribution in [0, 0.1) is 5.92 Å². The van der Waals surface area contributed by atoms with Crippen LogP contribution >= 0.6 is 0 Å². The van der Waals surface area contributed by atoms with Crippen LogP contribution in [0.2, 0.25) is 0 Å². The van der Waals surface area contributed by atoms with Crippen LogP contribution < -0.4 is 4.72 Å². The summed E-state index contributed by atoms with van der Waals surface area (Å²) in [6.07, 6.45) is 3.81. The van der Waals surface area contributed by atoms with E-state index in [9.17, 15) is 13.2 Å². The van der Waals surface area contributed by atoms with Crippen molar-refractivity contribution in [3.63, 3.8) is 0 Å². The van der Waals surface area contributed by atoms with Crippen molar-refractivity contribution in [2.45, 2.75) is 38.3 Å². The maximum absolute atomic E-state index is 12.8. The van der Waals surface area contributed by atoms with Gasteiger partial charge in [0, 0.05) is 20.1 Å². The molecule has 1 aromatic heterocycles. The molecule has 0 aromatic carbocycles. The third kappa shape index (κ3) is 3.29. The van der Waals surface area contributed by atoms with Crippen LogP contribution in [0.25, 0.3) is 0 Å². The molecule has 0 aliphatic carbocycles. The van der Waals surface area contributed by atoms with Gasteiger partial charge in [-0.3, -0.25) is 4.79 Å². The van der Waals surface area contributed by atoms with E-state index in [1.54, 1.807) is 17.0 Å². The summed E-state index contributed by atoms with van der Waals surface area (Å²) in [4.78, 5) is 14.6. The number of hydrogen-bond donors (Lipinski definition) is 1. The van der Waals surface area contributed by atoms with Crippen molar-refractivity contribution < 1.29 is 17.6 Å². The Balaban J connectivity index is 1.80. The molecule has 3 rings (SSSR count). The first-order valence-corrected chi connectivity index (χ1v) is 9.40. The molecule has 1 amide bonds. The molecule has 2 aliphatic heterocycles. The number of carbonyl (C=O) groups excluding carboxylic acids is 1. The minimum atomic E-state index is -3.70. The monoisotopic (exact) mass is 341 g/mol. The average molecular weight is 341 g/mol. The maximum Gasteiger partial charge on any atom is 0.280 e. The Bertz CT molecular complexity index is 650. The highest BCUT2D eigenvalue weighted by Crippen LogP contribution is 2.29. The van der Waals surface area contributed by atoms with E-state index >= 15 is 0 Å². The van der Waals surface area contributed by atoms with Gasteiger partial charge in [0.05, 0.1) is 12.3 Å². The summed E-state index contributed by atoms with van der Waals surface area (Å²) in [5.74, 6) is 1.04. The third-order valence-electron chi connectivity index (χ3n) is 4.84. The van der Waals surface area contributed by atoms with Crippen LogP contribution in [0.15, 0.2) is 22.8 Å². The van der Waals surface area contributed by atoms with Gasteiger partial charge in [0.25, 0.3) is 10.2 Å². The minimum Gasteiger partial charge on any atom is -0.468 e. The van der Waals surface area contributed by atoms with Gasteiger partial charge < -0.3 is 9.32 Å². The summed E-state index contributed by atoms with van der Waals surface area (Å²) in [6.45, 7) is 3.57. The highest BCUT2D eigenvalue weighted by molar-refractivity contribution is 7.87. The van der Waals surface area contributed by atoms with E-state index in [1.807, 2.05) is 0 Å². The maximum atomic E-state index is 12.8. The quantitative estimate of drug-likeness (QED) is 0.874. The molecular weight excluding hydrogens is 318 g/mol. The van der Waals surface area contributed by atoms with E-state index in [2.05, 4.69) is 11.6 Å². The van der Waals surface area contributed by atoms with Gasteiger partial charge in [0.2, 0.25) is 5.91 Å². The van der Waals surface area contributed by atoms with Gasteiger partial charge in [-0.05, 0) is 37.3 Å². The third-order valence-corrected chi connectivity index (χ3v) is 6.43. The molecule has 0 spiro atoms. The summed E-state index contributed by atoms with van der Waals surface area (Å²) in [5.41, 5.74) is 0. The van der Waals surface area contributed by atoms with E-state index in [0.717, 1.165) is 17.1 Å². The first-order valence-electron chi connectivity index (χ1n) is 7.96. The highest BCUT2D eigenvalue weighted by Gasteiger charge is 2.43. The normalized spacial score (nSPS) is 29.6. The molecule has 128 valence electrons. The first kappa shape index (κ1) is 16.5. The minimum absolute atomic E-state index is 0.110. The molecule has 2 saturated heterocycles. The number of carbonyl (C=O) groups is 1. The number of amides is 1. The molecule has 2 atom stereocenters. The zero-order chi connectivity index (χ0) is 16.6. The molecule has 23 heavy (non-hydrogen) atoms. The predicted molar refractivity (Wildman–Crippen MR) is 84.7 cm³/mol. The van der Waals surface area contributed by atoms with Crippen molar-refractivity contribution in [2.75, 3.05) is 20.1 Å². The average Bonchev–Trinajstić information content (AvgIpc) is 3.04. The second-order valence-electron chi connectivity index (χ2n) is 6.47. The lowest BCUT2D eigenvalue weighted by atomic mass is 9.97. The van der Waals surface area contributed by atoms with Gasteiger partial charge in [-0.1, -0.05) is 6.92 Å². The van der Waals surface area contributed by atoms with E-state index in [1.165, 1.54) is 13.3 Å². The van der Waals surface area contributed by atoms with Crippen LogP contribution in [0.4, 0.5) is 0 Å². The molecule has 3 heterocycles. The molecule has 1 aromatic rings. The smallest absolute Gasteiger partial charge is 0.280 e. The Morgan fingerprint density at radius 2 is 2.04 bits per heavy atom. The van der Waals surface area contributed by atoms with Crippen molar-refractivity contribution in [3.05, 3.63) is 24.2 Å². The number of piperidine rings is 1. The summed E-state index contributed by atoms with van der Waals surface area (Å²) in [6, 6.07) is 2.24. The number of hydrogen-bond acceptors (Lipinski definition) is 4. The van der Waals surface area contributed by atoms with Crippen molar-refractivity contribution in [1.29, 1.82) is 0 Å². The summed E-state index contributed by atoms with van der Waals surface area (Å²) in [5, 5.41) is 0. The van der Waals surface area contributed by atoms with Gasteiger partial charge in [-0.15, -0.1) is 0 Å². The second kappa shape index (κ2) is 6.26. The Hall–Kier alpha value is -1.38. The number of nitrogens with one attached hydrogen (secondary N) is 1. The Morgan fingerprint density at radius 1 is 1.35 bits per heavy atom. The van der Waals surface area contributed by atoms with E-state index in [0.29, 0.717) is 31.2 Å². The van der Waals surface area contributed by atoms with E-state index in [4.69, 9.17) is 4.42 Å². The molecule has 7 nitrogen and oxygen atoms in total. The Kier molecular flexibility index (Phi) is 4.48. The van der Waals surface area contributed by atoms with Crippen molar-refractivity contribution >= 4 is 16.1 Å². The topological polar surface area (TPSA) is 82.9 Å². The molecule has 2 aliphatic rings. The fourth-order valence-corrected chi connectivity index (χ4v) is 4.46. The molecule has 0 bridgehead atoms. The lowest BCUT2D eigenvalue weighted by Gasteiger charge is -2.39. The van der Waals surface area contributed by atoms with Crippen LogP contribution in [-0.2, 0) is 15.0 Å². The van der Waals surface area contributed by atoms with Gasteiger partial charge in [0.15, 0.2) is 0 Å². The number of likely N-dealkylation sites (N-methyl/N-ethyl adjacent to an activating group) is 1. The van der Waals surface area contributed by atoms with Crippen molar-refractivity contribution in [1.82, 2.24) is 13.9 Å². The van der Waals surface area contributed by atoms with Gasteiger partial charge in [-0.2, -0.15) is 17.4 Å². The van der Waals surface area contributed by atoms with E-state index < -0.39 is 22.3 Å². The fourth-order valence-electron chi connectivity index (χ4n) is 3.21. The number of nitrogens with zero attached hydrogens (tertiary/aromatic N) is 2. The summed E-state index contributed by atoms with van der Waals surface area (Å²) >= 11 is 0. The van der Waals surface area contributed by atoms with Crippen LogP contribution in [0.1, 0.15) is 38.0 Å². The number of likely N-dealkylation sites (tertiary alicyclic amines) is 1. The lowest BCUT2D eigenvalue weighted by molar-refractivity contribution is -0.137. The SMILES string of the molecule is CC1CCN(C(=O)[C@H]2C[C@@H](c3ccco3)NS(=O)(=O)N2C)CC1. The molecule has 0 saturated carbocycles. The van der Waals surface area contributed by atoms with Crippen LogP contribution in [0.3, 0.4) is 0 Å². The number of rotatable bonds is 2. The zero-order valence-electron chi connectivity index (χ0n) is 13.4. The molecule has 8 heteroatoms. The molecule has 2 fully saturated rings. The van der Waals surface area contributed by atoms with Crippen molar-refractivity contribution in [3.8, 4) is 0 Å². The first-order chi connectivity index (χ1) is 10.9. The fraction of sp³-hybridized carbons (Fsp3) is 0.667. The predicted octanol–water partition coefficient (Wildman–Crippen LogP) is 1.12. The second-order valence-corrected chi connectivity index (χ2v) is 8.23. The van der Waals surface area contributed by atoms with Gasteiger partial charge in [0.1, 0.15) is 11.8 Å². The standard InChI is InChI=1S/C15H23N3O4S/c1-11-5-7-18(8-6-11)15(19)13-10-12(14-4-3-9-22-14)16-23(20,21)17(13)2/h3-4,9,11-13,16H,5-8,10H2,1-2H3/t12-,13+/m0/s1. The largest absolute Gasteiger partial charge is 0.468 e. The van der Waals surface area contributed by atoms with Gasteiger partial charge >= 0.3 is 0 Å². The number of furan rings is 1. The Labute approximate surface area is 136 Å². The Morgan fingerprint density at radius 3 is 2.65 bits per heavy atom. The summed E-state index contributed by atoms with van der Waals surface area (Å²) in [7, 11) is -2.25. The van der Waals surface area contributed by atoms with Crippen LogP contribution in [-0.4, -0.2) is 49.7 Å². The molecule has 0 unspecified atom stereocenters. The van der Waals surface area contributed by atoms with E-state index in [-0.39, 0.29) is 5.91 Å². The zero-order valence-corrected chi connectivity index (χ0v) is 14.3.